The van der Waals surface area contributed by atoms with Gasteiger partial charge < -0.3 is 9.30 Å². The maximum atomic E-state index is 11.4. The standard InChI is InChI=1S/C13H14ClN3O2/c1-7-5-17(9-3-8(4-9)13(18)19-2)12-10(7)11(14)15-6-16-12/h5-6,8-9H,3-4H2,1-2H3. The molecule has 0 radical (unpaired) electrons. The summed E-state index contributed by atoms with van der Waals surface area (Å²) < 4.78 is 6.85. The van der Waals surface area contributed by atoms with Crippen molar-refractivity contribution in [2.75, 3.05) is 7.11 Å². The number of esters is 1. The molecule has 0 aromatic carbocycles. The van der Waals surface area contributed by atoms with Gasteiger partial charge in [-0.2, -0.15) is 0 Å². The van der Waals surface area contributed by atoms with Crippen molar-refractivity contribution in [2.45, 2.75) is 25.8 Å². The Morgan fingerprint density at radius 2 is 2.21 bits per heavy atom. The Hall–Kier alpha value is -1.62. The summed E-state index contributed by atoms with van der Waals surface area (Å²) in [7, 11) is 1.43. The van der Waals surface area contributed by atoms with Gasteiger partial charge in [0.05, 0.1) is 18.4 Å². The van der Waals surface area contributed by atoms with E-state index in [2.05, 4.69) is 14.5 Å². The van der Waals surface area contributed by atoms with Crippen LogP contribution in [0.2, 0.25) is 5.15 Å². The van der Waals surface area contributed by atoms with E-state index in [-0.39, 0.29) is 17.9 Å². The fourth-order valence-corrected chi connectivity index (χ4v) is 2.95. The SMILES string of the molecule is COC(=O)C1CC(n2cc(C)c3c(Cl)ncnc32)C1. The van der Waals surface area contributed by atoms with Gasteiger partial charge in [-0.1, -0.05) is 11.6 Å². The predicted octanol–water partition coefficient (Wildman–Crippen LogP) is 2.52. The van der Waals surface area contributed by atoms with Crippen molar-refractivity contribution in [3.63, 3.8) is 0 Å². The van der Waals surface area contributed by atoms with Crippen molar-refractivity contribution in [2.24, 2.45) is 5.92 Å². The smallest absolute Gasteiger partial charge is 0.308 e. The van der Waals surface area contributed by atoms with E-state index in [1.54, 1.807) is 0 Å². The van der Waals surface area contributed by atoms with Gasteiger partial charge >= 0.3 is 5.97 Å². The molecule has 0 amide bonds. The van der Waals surface area contributed by atoms with Gasteiger partial charge in [0.25, 0.3) is 0 Å². The van der Waals surface area contributed by atoms with Crippen molar-refractivity contribution in [1.29, 1.82) is 0 Å². The second-order valence-corrected chi connectivity index (χ2v) is 5.29. The van der Waals surface area contributed by atoms with E-state index in [0.29, 0.717) is 5.15 Å². The lowest BCUT2D eigenvalue weighted by Gasteiger charge is -2.34. The van der Waals surface area contributed by atoms with E-state index in [0.717, 1.165) is 29.4 Å². The maximum Gasteiger partial charge on any atom is 0.308 e. The Kier molecular flexibility index (Phi) is 2.93. The van der Waals surface area contributed by atoms with Gasteiger partial charge in [0.1, 0.15) is 17.1 Å². The highest BCUT2D eigenvalue weighted by Gasteiger charge is 2.37. The van der Waals surface area contributed by atoms with Gasteiger partial charge in [0, 0.05) is 12.2 Å². The van der Waals surface area contributed by atoms with E-state index in [4.69, 9.17) is 16.3 Å². The molecule has 3 rings (SSSR count). The highest BCUT2D eigenvalue weighted by atomic mass is 35.5. The quantitative estimate of drug-likeness (QED) is 0.626. The highest BCUT2D eigenvalue weighted by Crippen LogP contribution is 2.41. The van der Waals surface area contributed by atoms with Crippen LogP contribution in [0.15, 0.2) is 12.5 Å². The van der Waals surface area contributed by atoms with Crippen LogP contribution < -0.4 is 0 Å². The number of methoxy groups -OCH3 is 1. The third-order valence-corrected chi connectivity index (χ3v) is 4.08. The summed E-state index contributed by atoms with van der Waals surface area (Å²) in [5, 5.41) is 1.37. The largest absolute Gasteiger partial charge is 0.469 e. The third-order valence-electron chi connectivity index (χ3n) is 3.79. The van der Waals surface area contributed by atoms with Crippen LogP contribution in [-0.2, 0) is 9.53 Å². The number of rotatable bonds is 2. The molecule has 100 valence electrons. The van der Waals surface area contributed by atoms with E-state index in [1.807, 2.05) is 13.1 Å². The number of carbonyl (C=O) groups is 1. The molecule has 1 aliphatic rings. The predicted molar refractivity (Wildman–Crippen MR) is 71.1 cm³/mol. The Morgan fingerprint density at radius 3 is 2.89 bits per heavy atom. The molecule has 0 saturated heterocycles. The van der Waals surface area contributed by atoms with Gasteiger partial charge in [-0.25, -0.2) is 9.97 Å². The lowest BCUT2D eigenvalue weighted by atomic mass is 9.80. The van der Waals surface area contributed by atoms with E-state index in [1.165, 1.54) is 13.4 Å². The molecular formula is C13H14ClN3O2. The molecule has 0 spiro atoms. The minimum Gasteiger partial charge on any atom is -0.469 e. The summed E-state index contributed by atoms with van der Waals surface area (Å²) in [6.45, 7) is 1.99. The number of hydrogen-bond acceptors (Lipinski definition) is 4. The number of carbonyl (C=O) groups excluding carboxylic acids is 1. The first-order valence-corrected chi connectivity index (χ1v) is 6.55. The summed E-state index contributed by atoms with van der Waals surface area (Å²) >= 11 is 6.10. The zero-order chi connectivity index (χ0) is 13.6. The fraction of sp³-hybridized carbons (Fsp3) is 0.462. The molecule has 0 atom stereocenters. The van der Waals surface area contributed by atoms with Crippen LogP contribution in [0.25, 0.3) is 11.0 Å². The number of aryl methyl sites for hydroxylation is 1. The van der Waals surface area contributed by atoms with Gasteiger partial charge in [0.15, 0.2) is 0 Å². The average Bonchev–Trinajstić information content (AvgIpc) is 2.66. The van der Waals surface area contributed by atoms with Gasteiger partial charge in [0.2, 0.25) is 0 Å². The maximum absolute atomic E-state index is 11.4. The van der Waals surface area contributed by atoms with Crippen LogP contribution in [0.3, 0.4) is 0 Å². The Labute approximate surface area is 115 Å². The third kappa shape index (κ3) is 1.89. The van der Waals surface area contributed by atoms with Crippen LogP contribution >= 0.6 is 11.6 Å². The van der Waals surface area contributed by atoms with Crippen molar-refractivity contribution < 1.29 is 9.53 Å². The molecule has 2 aromatic rings. The number of ether oxygens (including phenoxy) is 1. The molecule has 0 N–H and O–H groups in total. The summed E-state index contributed by atoms with van der Waals surface area (Å²) in [4.78, 5) is 19.7. The molecule has 1 fully saturated rings. The molecule has 2 aromatic heterocycles. The second kappa shape index (κ2) is 4.49. The average molecular weight is 280 g/mol. The minimum absolute atomic E-state index is 0.00469. The molecule has 5 nitrogen and oxygen atoms in total. The van der Waals surface area contributed by atoms with E-state index < -0.39 is 0 Å². The highest BCUT2D eigenvalue weighted by molar-refractivity contribution is 6.34. The Balaban J connectivity index is 1.92. The van der Waals surface area contributed by atoms with Gasteiger partial charge in [-0.3, -0.25) is 4.79 Å². The molecule has 0 bridgehead atoms. The minimum atomic E-state index is -0.128. The van der Waals surface area contributed by atoms with Crippen molar-refractivity contribution in [3.8, 4) is 0 Å². The molecule has 1 saturated carbocycles. The molecule has 0 aliphatic heterocycles. The fourth-order valence-electron chi connectivity index (χ4n) is 2.68. The number of nitrogens with zero attached hydrogens (tertiary/aromatic N) is 3. The molecule has 1 aliphatic carbocycles. The Morgan fingerprint density at radius 1 is 1.47 bits per heavy atom. The van der Waals surface area contributed by atoms with Crippen LogP contribution in [0, 0.1) is 12.8 Å². The first kappa shape index (κ1) is 12.4. The van der Waals surface area contributed by atoms with Gasteiger partial charge in [-0.05, 0) is 25.3 Å². The summed E-state index contributed by atoms with van der Waals surface area (Å²) in [6, 6.07) is 0.284. The lowest BCUT2D eigenvalue weighted by molar-refractivity contribution is -0.149. The van der Waals surface area contributed by atoms with Gasteiger partial charge in [-0.15, -0.1) is 0 Å². The number of halogens is 1. The molecule has 2 heterocycles. The van der Waals surface area contributed by atoms with Crippen LogP contribution in [-0.4, -0.2) is 27.6 Å². The first-order chi connectivity index (χ1) is 9.11. The Bertz CT molecular complexity index is 647. The van der Waals surface area contributed by atoms with Crippen molar-refractivity contribution in [3.05, 3.63) is 23.2 Å². The number of fused-ring (bicyclic) bond motifs is 1. The summed E-state index contributed by atoms with van der Waals surface area (Å²) in [6.07, 6.45) is 5.08. The molecule has 6 heteroatoms. The zero-order valence-electron chi connectivity index (χ0n) is 10.8. The molecule has 19 heavy (non-hydrogen) atoms. The second-order valence-electron chi connectivity index (χ2n) is 4.93. The van der Waals surface area contributed by atoms with Crippen LogP contribution in [0.1, 0.15) is 24.4 Å². The van der Waals surface area contributed by atoms with E-state index >= 15 is 0 Å². The topological polar surface area (TPSA) is 57.0 Å². The van der Waals surface area contributed by atoms with Crippen molar-refractivity contribution in [1.82, 2.24) is 14.5 Å². The zero-order valence-corrected chi connectivity index (χ0v) is 11.5. The monoisotopic (exact) mass is 279 g/mol. The van der Waals surface area contributed by atoms with E-state index in [9.17, 15) is 4.79 Å². The number of aromatic nitrogens is 3. The normalized spacial score (nSPS) is 22.3. The lowest BCUT2D eigenvalue weighted by Crippen LogP contribution is -2.33. The van der Waals surface area contributed by atoms with Crippen LogP contribution in [0.4, 0.5) is 0 Å². The summed E-state index contributed by atoms with van der Waals surface area (Å²) in [5.41, 5.74) is 1.90. The molecule has 0 unspecified atom stereocenters. The first-order valence-electron chi connectivity index (χ1n) is 6.17. The molecular weight excluding hydrogens is 266 g/mol. The van der Waals surface area contributed by atoms with Crippen LogP contribution in [0.5, 0.6) is 0 Å². The summed E-state index contributed by atoms with van der Waals surface area (Å²) in [5.74, 6) is -0.123. The van der Waals surface area contributed by atoms with Crippen molar-refractivity contribution >= 4 is 28.6 Å². The number of hydrogen-bond donors (Lipinski definition) is 0.